The van der Waals surface area contributed by atoms with E-state index in [2.05, 4.69) is 51.5 Å². The van der Waals surface area contributed by atoms with Gasteiger partial charge in [-0.05, 0) is 62.1 Å². The Morgan fingerprint density at radius 3 is 2.35 bits per heavy atom. The second-order valence-electron chi connectivity index (χ2n) is 12.1. The summed E-state index contributed by atoms with van der Waals surface area (Å²) in [6.45, 7) is 7.23. The number of nitrogens with one attached hydrogen (secondary N) is 1. The molecular formula is C37H41N5O7. The smallest absolute Gasteiger partial charge is 0.412 e. The van der Waals surface area contributed by atoms with Gasteiger partial charge in [0.1, 0.15) is 5.69 Å². The van der Waals surface area contributed by atoms with E-state index in [1.54, 1.807) is 32.2 Å². The lowest BCUT2D eigenvalue weighted by Crippen LogP contribution is -2.47. The number of imide groups is 1. The number of carbonyl (C=O) groups excluding carboxylic acids is 3. The summed E-state index contributed by atoms with van der Waals surface area (Å²) in [6, 6.07) is 21.0. The largest absolute Gasteiger partial charge is 0.493 e. The van der Waals surface area contributed by atoms with Crippen LogP contribution in [0.3, 0.4) is 0 Å². The van der Waals surface area contributed by atoms with Gasteiger partial charge < -0.3 is 29.0 Å². The van der Waals surface area contributed by atoms with Crippen molar-refractivity contribution in [3.05, 3.63) is 101 Å². The van der Waals surface area contributed by atoms with Gasteiger partial charge in [0, 0.05) is 38.8 Å². The fourth-order valence-corrected chi connectivity index (χ4v) is 6.63. The van der Waals surface area contributed by atoms with Gasteiger partial charge >= 0.3 is 6.09 Å². The van der Waals surface area contributed by atoms with Crippen LogP contribution in [0.15, 0.2) is 77.5 Å². The molecule has 0 spiro atoms. The number of hydrogen-bond donors (Lipinski definition) is 1. The zero-order valence-corrected chi connectivity index (χ0v) is 28.2. The predicted octanol–water partition coefficient (Wildman–Crippen LogP) is 5.79. The fraction of sp³-hybridized carbons (Fsp3) is 0.351. The summed E-state index contributed by atoms with van der Waals surface area (Å²) in [4.78, 5) is 46.9. The number of carbonyl (C=O) groups is 3. The lowest BCUT2D eigenvalue weighted by molar-refractivity contribution is 0.0571. The van der Waals surface area contributed by atoms with Crippen LogP contribution in [0.5, 0.6) is 17.2 Å². The molecule has 0 saturated carbocycles. The van der Waals surface area contributed by atoms with E-state index in [9.17, 15) is 14.4 Å². The van der Waals surface area contributed by atoms with Crippen LogP contribution < -0.4 is 24.4 Å². The van der Waals surface area contributed by atoms with Crippen LogP contribution in [0.2, 0.25) is 0 Å². The number of rotatable bonds is 12. The molecule has 6 rings (SSSR count). The van der Waals surface area contributed by atoms with Crippen molar-refractivity contribution in [3.63, 3.8) is 0 Å². The van der Waals surface area contributed by atoms with Crippen molar-refractivity contribution < 1.29 is 33.1 Å². The highest BCUT2D eigenvalue weighted by Crippen LogP contribution is 2.40. The molecule has 0 radical (unpaired) electrons. The molecule has 256 valence electrons. The fourth-order valence-electron chi connectivity index (χ4n) is 6.63. The number of hydrogen-bond acceptors (Lipinski definition) is 10. The first-order chi connectivity index (χ1) is 23.8. The summed E-state index contributed by atoms with van der Waals surface area (Å²) in [5.74, 6) is 0.549. The normalized spacial score (nSPS) is 15.9. The number of benzene rings is 3. The third-order valence-electron chi connectivity index (χ3n) is 9.35. The van der Waals surface area contributed by atoms with Crippen LogP contribution in [-0.4, -0.2) is 79.8 Å². The molecule has 1 N–H and O–H groups in total. The molecule has 4 aromatic rings. The van der Waals surface area contributed by atoms with Gasteiger partial charge in [0.15, 0.2) is 23.5 Å². The predicted molar refractivity (Wildman–Crippen MR) is 182 cm³/mol. The van der Waals surface area contributed by atoms with Gasteiger partial charge in [0.25, 0.3) is 11.8 Å². The summed E-state index contributed by atoms with van der Waals surface area (Å²) >= 11 is 0. The first kappa shape index (κ1) is 33.5. The second-order valence-corrected chi connectivity index (χ2v) is 12.1. The maximum atomic E-state index is 14.4. The van der Waals surface area contributed by atoms with Crippen LogP contribution in [0.25, 0.3) is 0 Å². The van der Waals surface area contributed by atoms with Crippen LogP contribution >= 0.6 is 0 Å². The van der Waals surface area contributed by atoms with E-state index in [-0.39, 0.29) is 30.2 Å². The zero-order chi connectivity index (χ0) is 34.5. The molecule has 12 heteroatoms. The number of piperazine rings is 1. The molecule has 49 heavy (non-hydrogen) atoms. The Morgan fingerprint density at radius 1 is 0.898 bits per heavy atom. The van der Waals surface area contributed by atoms with Gasteiger partial charge in [-0.25, -0.2) is 4.79 Å². The minimum absolute atomic E-state index is 0.231. The molecule has 0 bridgehead atoms. The summed E-state index contributed by atoms with van der Waals surface area (Å²) < 4.78 is 21.1. The lowest BCUT2D eigenvalue weighted by Gasteiger charge is -2.39. The monoisotopic (exact) mass is 667 g/mol. The molecule has 0 unspecified atom stereocenters. The van der Waals surface area contributed by atoms with E-state index >= 15 is 0 Å². The van der Waals surface area contributed by atoms with Gasteiger partial charge in [-0.15, -0.1) is 0 Å². The molecule has 1 fully saturated rings. The minimum atomic E-state index is -0.655. The molecule has 3 amide bonds. The maximum Gasteiger partial charge on any atom is 0.412 e. The van der Waals surface area contributed by atoms with E-state index < -0.39 is 12.1 Å². The number of amides is 3. The summed E-state index contributed by atoms with van der Waals surface area (Å²) in [5, 5.41) is 6.43. The molecule has 2 atom stereocenters. The summed E-state index contributed by atoms with van der Waals surface area (Å²) in [5.41, 5.74) is 4.01. The molecule has 0 aliphatic carbocycles. The summed E-state index contributed by atoms with van der Waals surface area (Å²) in [6.07, 6.45) is 1.42. The van der Waals surface area contributed by atoms with Gasteiger partial charge in [0.2, 0.25) is 0 Å². The molecule has 12 nitrogen and oxygen atoms in total. The Balaban J connectivity index is 1.20. The molecule has 2 aliphatic heterocycles. The van der Waals surface area contributed by atoms with E-state index in [1.165, 1.54) is 23.8 Å². The number of ether oxygens (including phenoxy) is 3. The average Bonchev–Trinajstić information content (AvgIpc) is 3.66. The van der Waals surface area contributed by atoms with Gasteiger partial charge in [0.05, 0.1) is 37.1 Å². The van der Waals surface area contributed by atoms with Crippen molar-refractivity contribution in [3.8, 4) is 17.2 Å². The van der Waals surface area contributed by atoms with Gasteiger partial charge in [-0.2, -0.15) is 0 Å². The van der Waals surface area contributed by atoms with Crippen molar-refractivity contribution in [1.82, 2.24) is 20.3 Å². The Bertz CT molecular complexity index is 1800. The van der Waals surface area contributed by atoms with Crippen molar-refractivity contribution in [2.24, 2.45) is 0 Å². The third kappa shape index (κ3) is 6.95. The first-order valence-electron chi connectivity index (χ1n) is 16.4. The van der Waals surface area contributed by atoms with Gasteiger partial charge in [-0.3, -0.25) is 19.4 Å². The van der Waals surface area contributed by atoms with Crippen molar-refractivity contribution in [1.29, 1.82) is 0 Å². The number of fused-ring (bicyclic) bond motifs is 1. The highest BCUT2D eigenvalue weighted by molar-refractivity contribution is 6.24. The molecule has 1 saturated heterocycles. The topological polar surface area (TPSA) is 127 Å². The minimum Gasteiger partial charge on any atom is -0.493 e. The quantitative estimate of drug-likeness (QED) is 0.147. The Morgan fingerprint density at radius 2 is 1.65 bits per heavy atom. The molecule has 3 heterocycles. The highest BCUT2D eigenvalue weighted by atomic mass is 16.6. The zero-order valence-electron chi connectivity index (χ0n) is 28.2. The number of anilines is 1. The number of aryl methyl sites for hydroxylation is 1. The summed E-state index contributed by atoms with van der Waals surface area (Å²) in [7, 11) is 3.09. The molecule has 3 aromatic carbocycles. The van der Waals surface area contributed by atoms with E-state index in [0.717, 1.165) is 31.9 Å². The lowest BCUT2D eigenvalue weighted by atomic mass is 9.99. The molecule has 1 aromatic heterocycles. The van der Waals surface area contributed by atoms with Crippen LogP contribution in [-0.2, 0) is 0 Å². The SMILES string of the molecule is COc1ccc([C@@H](CCCNC(=O)Oc2conc2C)N2C(=O)c3cccc(N4CCN([C@H](C)c5ccccc5)CC4)c3C2=O)cc1OC. The van der Waals surface area contributed by atoms with E-state index in [4.69, 9.17) is 18.7 Å². The second kappa shape index (κ2) is 14.8. The first-order valence-corrected chi connectivity index (χ1v) is 16.4. The van der Waals surface area contributed by atoms with Crippen LogP contribution in [0, 0.1) is 6.92 Å². The standard InChI is InChI=1S/C37H41N5O7/c1-24-33(23-48-39-24)49-37(45)38-17-9-14-29(27-15-16-31(46-3)32(22-27)47-4)42-35(43)28-12-8-13-30(34(28)36(42)44)41-20-18-40(19-21-41)25(2)26-10-6-5-7-11-26/h5-8,10-13,15-16,22-23,25,29H,9,14,17-21H2,1-4H3,(H,38,45)/t25-,29-/m1/s1. The van der Waals surface area contributed by atoms with Crippen LogP contribution in [0.4, 0.5) is 10.5 Å². The Labute approximate surface area is 285 Å². The van der Waals surface area contributed by atoms with Crippen LogP contribution in [0.1, 0.15) is 69.4 Å². The Hall–Kier alpha value is -5.36. The van der Waals surface area contributed by atoms with E-state index in [1.807, 2.05) is 24.3 Å². The van der Waals surface area contributed by atoms with Gasteiger partial charge in [-0.1, -0.05) is 47.6 Å². The Kier molecular flexibility index (Phi) is 10.1. The van der Waals surface area contributed by atoms with Crippen molar-refractivity contribution in [2.45, 2.75) is 38.8 Å². The number of methoxy groups -OCH3 is 2. The van der Waals surface area contributed by atoms with Crippen molar-refractivity contribution in [2.75, 3.05) is 51.8 Å². The highest BCUT2D eigenvalue weighted by Gasteiger charge is 2.43. The van der Waals surface area contributed by atoms with E-state index in [0.29, 0.717) is 46.7 Å². The maximum absolute atomic E-state index is 14.4. The third-order valence-corrected chi connectivity index (χ3v) is 9.35. The number of aromatic nitrogens is 1. The molecular weight excluding hydrogens is 626 g/mol. The molecule has 2 aliphatic rings. The van der Waals surface area contributed by atoms with Crippen molar-refractivity contribution >= 4 is 23.6 Å². The number of nitrogens with zero attached hydrogens (tertiary/aromatic N) is 4. The average molecular weight is 668 g/mol.